The van der Waals surface area contributed by atoms with E-state index in [-0.39, 0.29) is 5.69 Å². The van der Waals surface area contributed by atoms with Crippen LogP contribution in [-0.4, -0.2) is 25.3 Å². The Bertz CT molecular complexity index is 268. The molecule has 0 fully saturated rings. The van der Waals surface area contributed by atoms with Crippen molar-refractivity contribution in [3.63, 3.8) is 0 Å². The van der Waals surface area contributed by atoms with Crippen LogP contribution in [0.25, 0.3) is 0 Å². The number of aliphatic hydroxyl groups excluding tert-OH is 1. The fourth-order valence-electron chi connectivity index (χ4n) is 0.551. The van der Waals surface area contributed by atoms with E-state index in [1.165, 1.54) is 0 Å². The van der Waals surface area contributed by atoms with Gasteiger partial charge in [-0.3, -0.25) is 0 Å². The Balaban J connectivity index is 2.90. The van der Waals surface area contributed by atoms with E-state index >= 15 is 0 Å². The standard InChI is InChI=1S/C4H5N3O4/c8-4(9)2-1-3(6-5-2)7(10)11/h1,4,8-9H,(H,5,6). The topological polar surface area (TPSA) is 112 Å². The molecule has 0 aliphatic carbocycles. The number of aromatic amines is 1. The molecule has 0 atom stereocenters. The monoisotopic (exact) mass is 159 g/mol. The van der Waals surface area contributed by atoms with E-state index in [1.807, 2.05) is 0 Å². The van der Waals surface area contributed by atoms with Gasteiger partial charge in [0, 0.05) is 0 Å². The van der Waals surface area contributed by atoms with Gasteiger partial charge in [-0.05, 0) is 4.92 Å². The molecule has 0 spiro atoms. The van der Waals surface area contributed by atoms with Crippen molar-refractivity contribution in [3.05, 3.63) is 21.9 Å². The lowest BCUT2D eigenvalue weighted by Gasteiger charge is -1.92. The van der Waals surface area contributed by atoms with Gasteiger partial charge in [0.05, 0.1) is 11.2 Å². The van der Waals surface area contributed by atoms with Crippen LogP contribution in [0, 0.1) is 10.1 Å². The van der Waals surface area contributed by atoms with E-state index in [1.54, 1.807) is 0 Å². The van der Waals surface area contributed by atoms with Crippen molar-refractivity contribution in [2.75, 3.05) is 0 Å². The molecule has 0 saturated heterocycles. The fourth-order valence-corrected chi connectivity index (χ4v) is 0.551. The van der Waals surface area contributed by atoms with Crippen molar-refractivity contribution in [1.29, 1.82) is 0 Å². The highest BCUT2D eigenvalue weighted by Crippen LogP contribution is 2.12. The quantitative estimate of drug-likeness (QED) is 0.300. The summed E-state index contributed by atoms with van der Waals surface area (Å²) >= 11 is 0. The summed E-state index contributed by atoms with van der Waals surface area (Å²) in [6, 6.07) is 0.949. The van der Waals surface area contributed by atoms with Crippen LogP contribution < -0.4 is 0 Å². The van der Waals surface area contributed by atoms with Gasteiger partial charge in [-0.2, -0.15) is 5.10 Å². The number of hydrogen-bond donors (Lipinski definition) is 3. The van der Waals surface area contributed by atoms with Gasteiger partial charge in [0.15, 0.2) is 6.29 Å². The number of aliphatic hydroxyl groups is 2. The van der Waals surface area contributed by atoms with Gasteiger partial charge in [-0.1, -0.05) is 0 Å². The molecule has 0 amide bonds. The Hall–Kier alpha value is -1.47. The molecule has 3 N–H and O–H groups in total. The predicted octanol–water partition coefficient (Wildman–Crippen LogP) is -0.699. The van der Waals surface area contributed by atoms with E-state index in [0.717, 1.165) is 6.07 Å². The average molecular weight is 159 g/mol. The van der Waals surface area contributed by atoms with Crippen LogP contribution in [0.5, 0.6) is 0 Å². The smallest absolute Gasteiger partial charge is 0.363 e. The zero-order valence-electron chi connectivity index (χ0n) is 5.26. The van der Waals surface area contributed by atoms with Crippen LogP contribution in [0.3, 0.4) is 0 Å². The Labute approximate surface area is 60.4 Å². The Morgan fingerprint density at radius 1 is 1.73 bits per heavy atom. The van der Waals surface area contributed by atoms with Crippen molar-refractivity contribution >= 4 is 5.82 Å². The van der Waals surface area contributed by atoms with Crippen molar-refractivity contribution < 1.29 is 15.1 Å². The molecule has 0 aromatic carbocycles. The first-order valence-electron chi connectivity index (χ1n) is 2.67. The maximum absolute atomic E-state index is 10.00. The van der Waals surface area contributed by atoms with Gasteiger partial charge in [0.25, 0.3) is 0 Å². The lowest BCUT2D eigenvalue weighted by atomic mass is 10.4. The van der Waals surface area contributed by atoms with Crippen LogP contribution in [0.1, 0.15) is 12.0 Å². The molecule has 7 nitrogen and oxygen atoms in total. The molecule has 7 heteroatoms. The molecule has 1 heterocycles. The summed E-state index contributed by atoms with van der Waals surface area (Å²) in [6.45, 7) is 0. The number of H-pyrrole nitrogens is 1. The van der Waals surface area contributed by atoms with E-state index in [9.17, 15) is 10.1 Å². The minimum atomic E-state index is -1.75. The molecule has 0 bridgehead atoms. The molecule has 0 unspecified atom stereocenters. The summed E-state index contributed by atoms with van der Waals surface area (Å²) in [4.78, 5) is 9.26. The Morgan fingerprint density at radius 3 is 2.64 bits per heavy atom. The summed E-state index contributed by atoms with van der Waals surface area (Å²) < 4.78 is 0. The molecular formula is C4H5N3O4. The molecule has 11 heavy (non-hydrogen) atoms. The van der Waals surface area contributed by atoms with E-state index in [2.05, 4.69) is 10.2 Å². The number of aromatic nitrogens is 2. The first kappa shape index (κ1) is 7.63. The normalized spacial score (nSPS) is 10.5. The molecule has 0 radical (unpaired) electrons. The van der Waals surface area contributed by atoms with Crippen LogP contribution in [0.15, 0.2) is 6.07 Å². The molecule has 0 aliphatic heterocycles. The van der Waals surface area contributed by atoms with Crippen molar-refractivity contribution in [3.8, 4) is 0 Å². The molecule has 1 rings (SSSR count). The van der Waals surface area contributed by atoms with Crippen molar-refractivity contribution in [2.24, 2.45) is 0 Å². The third kappa shape index (κ3) is 1.51. The van der Waals surface area contributed by atoms with E-state index in [0.29, 0.717) is 0 Å². The minimum absolute atomic E-state index is 0.100. The Morgan fingerprint density at radius 2 is 2.36 bits per heavy atom. The van der Waals surface area contributed by atoms with E-state index in [4.69, 9.17) is 10.2 Å². The average Bonchev–Trinajstić information content (AvgIpc) is 2.33. The lowest BCUT2D eigenvalue weighted by Crippen LogP contribution is -1.93. The maximum Gasteiger partial charge on any atom is 0.390 e. The second kappa shape index (κ2) is 2.64. The number of hydrogen-bond acceptors (Lipinski definition) is 5. The van der Waals surface area contributed by atoms with E-state index < -0.39 is 17.0 Å². The van der Waals surface area contributed by atoms with Gasteiger partial charge in [0.1, 0.15) is 5.69 Å². The number of nitrogens with one attached hydrogen (secondary N) is 1. The van der Waals surface area contributed by atoms with Crippen molar-refractivity contribution in [1.82, 2.24) is 10.2 Å². The summed E-state index contributed by atoms with van der Waals surface area (Å²) in [5.41, 5.74) is -0.100. The second-order valence-corrected chi connectivity index (χ2v) is 1.81. The zero-order valence-corrected chi connectivity index (χ0v) is 5.26. The second-order valence-electron chi connectivity index (χ2n) is 1.81. The lowest BCUT2D eigenvalue weighted by molar-refractivity contribution is -0.389. The minimum Gasteiger partial charge on any atom is -0.363 e. The van der Waals surface area contributed by atoms with Gasteiger partial charge < -0.3 is 20.3 Å². The SMILES string of the molecule is O=[N+]([O-])c1cc(C(O)O)[nH]n1. The van der Waals surface area contributed by atoms with Crippen LogP contribution in [0.4, 0.5) is 5.82 Å². The molecular weight excluding hydrogens is 154 g/mol. The molecule has 60 valence electrons. The largest absolute Gasteiger partial charge is 0.390 e. The molecule has 1 aromatic rings. The van der Waals surface area contributed by atoms with Crippen LogP contribution in [-0.2, 0) is 0 Å². The molecule has 0 aliphatic rings. The van der Waals surface area contributed by atoms with Crippen LogP contribution >= 0.6 is 0 Å². The first-order chi connectivity index (χ1) is 5.11. The summed E-state index contributed by atoms with van der Waals surface area (Å²) in [5.74, 6) is -0.437. The predicted molar refractivity (Wildman–Crippen MR) is 32.4 cm³/mol. The number of nitro groups is 1. The number of nitrogens with zero attached hydrogens (tertiary/aromatic N) is 2. The number of rotatable bonds is 2. The summed E-state index contributed by atoms with van der Waals surface area (Å²) in [6.07, 6.45) is -1.75. The van der Waals surface area contributed by atoms with Crippen LogP contribution in [0.2, 0.25) is 0 Å². The molecule has 0 saturated carbocycles. The maximum atomic E-state index is 10.00. The summed E-state index contributed by atoms with van der Waals surface area (Å²) in [7, 11) is 0. The highest BCUT2D eigenvalue weighted by molar-refractivity contribution is 5.20. The first-order valence-corrected chi connectivity index (χ1v) is 2.67. The highest BCUT2D eigenvalue weighted by Gasteiger charge is 2.15. The third-order valence-corrected chi connectivity index (χ3v) is 1.05. The summed E-state index contributed by atoms with van der Waals surface area (Å²) in [5, 5.41) is 32.2. The van der Waals surface area contributed by atoms with Gasteiger partial charge >= 0.3 is 5.82 Å². The van der Waals surface area contributed by atoms with Crippen molar-refractivity contribution in [2.45, 2.75) is 6.29 Å². The highest BCUT2D eigenvalue weighted by atomic mass is 16.6. The zero-order chi connectivity index (χ0) is 8.43. The van der Waals surface area contributed by atoms with Gasteiger partial charge in [-0.15, -0.1) is 0 Å². The Kier molecular flexibility index (Phi) is 1.83. The van der Waals surface area contributed by atoms with Gasteiger partial charge in [-0.25, -0.2) is 0 Å². The van der Waals surface area contributed by atoms with Gasteiger partial charge in [0.2, 0.25) is 0 Å². The fraction of sp³-hybridized carbons (Fsp3) is 0.250. The third-order valence-electron chi connectivity index (χ3n) is 1.05. The molecule has 1 aromatic heterocycles.